The van der Waals surface area contributed by atoms with E-state index < -0.39 is 6.09 Å². The van der Waals surface area contributed by atoms with Crippen LogP contribution in [0.4, 0.5) is 22.0 Å². The molecule has 0 spiro atoms. The SMILES string of the molecule is CC1CCCN1C(=O)c1ncccc1NC(=O)Oc1nc(C2CC2)cnc1Nc1cncnc1. The maximum absolute atomic E-state index is 13.0. The zero-order valence-corrected chi connectivity index (χ0v) is 18.6. The van der Waals surface area contributed by atoms with E-state index >= 15 is 0 Å². The summed E-state index contributed by atoms with van der Waals surface area (Å²) in [6.45, 7) is 2.68. The first-order valence-corrected chi connectivity index (χ1v) is 11.2. The van der Waals surface area contributed by atoms with Crippen LogP contribution >= 0.6 is 0 Å². The van der Waals surface area contributed by atoms with Crippen LogP contribution in [0.5, 0.6) is 5.88 Å². The number of aromatic nitrogens is 5. The van der Waals surface area contributed by atoms with Crippen molar-refractivity contribution in [2.75, 3.05) is 17.2 Å². The summed E-state index contributed by atoms with van der Waals surface area (Å²) >= 11 is 0. The van der Waals surface area contributed by atoms with Gasteiger partial charge >= 0.3 is 6.09 Å². The molecule has 2 fully saturated rings. The third-order valence-corrected chi connectivity index (χ3v) is 5.83. The number of nitrogens with one attached hydrogen (secondary N) is 2. The van der Waals surface area contributed by atoms with Crippen LogP contribution in [0.3, 0.4) is 0 Å². The van der Waals surface area contributed by atoms with Crippen molar-refractivity contribution in [1.29, 1.82) is 0 Å². The Kier molecular flexibility index (Phi) is 5.98. The first-order valence-electron chi connectivity index (χ1n) is 11.2. The lowest BCUT2D eigenvalue weighted by molar-refractivity contribution is 0.0742. The quantitative estimate of drug-likeness (QED) is 0.566. The Morgan fingerprint density at radius 2 is 1.94 bits per heavy atom. The predicted octanol–water partition coefficient (Wildman–Crippen LogP) is 3.52. The van der Waals surface area contributed by atoms with Crippen molar-refractivity contribution < 1.29 is 14.3 Å². The van der Waals surface area contributed by atoms with Gasteiger partial charge in [0.25, 0.3) is 11.8 Å². The van der Waals surface area contributed by atoms with Crippen LogP contribution < -0.4 is 15.4 Å². The van der Waals surface area contributed by atoms with Gasteiger partial charge < -0.3 is 15.0 Å². The third-order valence-electron chi connectivity index (χ3n) is 5.83. The molecular formula is C23H24N8O3. The normalized spacial score (nSPS) is 17.3. The summed E-state index contributed by atoms with van der Waals surface area (Å²) in [7, 11) is 0. The van der Waals surface area contributed by atoms with Crippen molar-refractivity contribution in [2.45, 2.75) is 44.6 Å². The number of carbonyl (C=O) groups is 2. The van der Waals surface area contributed by atoms with Gasteiger partial charge in [-0.15, -0.1) is 0 Å². The van der Waals surface area contributed by atoms with E-state index in [1.165, 1.54) is 12.5 Å². The molecule has 1 saturated heterocycles. The van der Waals surface area contributed by atoms with E-state index in [9.17, 15) is 9.59 Å². The average molecular weight is 460 g/mol. The summed E-state index contributed by atoms with van der Waals surface area (Å²) in [5.74, 6) is 0.373. The molecule has 34 heavy (non-hydrogen) atoms. The molecular weight excluding hydrogens is 436 g/mol. The van der Waals surface area contributed by atoms with Gasteiger partial charge in [0.15, 0.2) is 11.5 Å². The van der Waals surface area contributed by atoms with E-state index in [0.29, 0.717) is 18.2 Å². The molecule has 3 aromatic rings. The van der Waals surface area contributed by atoms with Crippen LogP contribution in [0, 0.1) is 0 Å². The van der Waals surface area contributed by atoms with Gasteiger partial charge in [-0.1, -0.05) is 0 Å². The van der Waals surface area contributed by atoms with Gasteiger partial charge in [-0.3, -0.25) is 10.1 Å². The van der Waals surface area contributed by atoms with Gasteiger partial charge in [-0.25, -0.2) is 29.7 Å². The second-order valence-electron chi connectivity index (χ2n) is 8.38. The molecule has 2 aliphatic rings. The standard InChI is InChI=1S/C23H24N8O3/c1-14-4-3-9-31(14)22(32)19-17(5-2-8-26-19)30-23(33)34-21-20(28-16-10-24-13-25-11-16)27-12-18(29-21)15-6-7-15/h2,5,8,10-15H,3-4,6-7,9H2,1H3,(H,27,28)(H,30,33). The fourth-order valence-corrected chi connectivity index (χ4v) is 3.89. The second kappa shape index (κ2) is 9.38. The van der Waals surface area contributed by atoms with Crippen LogP contribution in [0.1, 0.15) is 54.7 Å². The Morgan fingerprint density at radius 1 is 1.12 bits per heavy atom. The van der Waals surface area contributed by atoms with Gasteiger partial charge in [-0.2, -0.15) is 0 Å². The molecule has 1 aliphatic heterocycles. The molecule has 0 radical (unpaired) electrons. The first-order chi connectivity index (χ1) is 16.6. The highest BCUT2D eigenvalue weighted by atomic mass is 16.6. The van der Waals surface area contributed by atoms with Crippen molar-refractivity contribution in [3.63, 3.8) is 0 Å². The molecule has 0 bridgehead atoms. The number of ether oxygens (including phenoxy) is 1. The first kappa shape index (κ1) is 21.7. The van der Waals surface area contributed by atoms with E-state index in [1.54, 1.807) is 35.6 Å². The smallest absolute Gasteiger partial charge is 0.387 e. The monoisotopic (exact) mass is 460 g/mol. The summed E-state index contributed by atoms with van der Waals surface area (Å²) in [6, 6.07) is 3.40. The molecule has 0 aromatic carbocycles. The minimum atomic E-state index is -0.800. The van der Waals surface area contributed by atoms with Crippen LogP contribution in [-0.4, -0.2) is 54.4 Å². The minimum Gasteiger partial charge on any atom is -0.387 e. The number of rotatable bonds is 6. The molecule has 4 heterocycles. The van der Waals surface area contributed by atoms with Gasteiger partial charge in [0.1, 0.15) is 6.33 Å². The maximum Gasteiger partial charge on any atom is 0.418 e. The topological polar surface area (TPSA) is 135 Å². The van der Waals surface area contributed by atoms with Gasteiger partial charge in [0.2, 0.25) is 0 Å². The summed E-state index contributed by atoms with van der Waals surface area (Å²) in [5.41, 5.74) is 1.78. The number of pyridine rings is 1. The van der Waals surface area contributed by atoms with Gasteiger partial charge in [0, 0.05) is 24.7 Å². The lowest BCUT2D eigenvalue weighted by Gasteiger charge is -2.22. The molecule has 11 heteroatoms. The number of carbonyl (C=O) groups excluding carboxylic acids is 2. The highest BCUT2D eigenvalue weighted by Crippen LogP contribution is 2.40. The van der Waals surface area contributed by atoms with Crippen LogP contribution in [0.2, 0.25) is 0 Å². The Labute approximate surface area is 196 Å². The van der Waals surface area contributed by atoms with E-state index in [2.05, 4.69) is 35.6 Å². The Balaban J connectivity index is 1.36. The van der Waals surface area contributed by atoms with Gasteiger partial charge in [0.05, 0.1) is 35.7 Å². The van der Waals surface area contributed by atoms with Crippen molar-refractivity contribution in [1.82, 2.24) is 29.8 Å². The largest absolute Gasteiger partial charge is 0.418 e. The molecule has 5 rings (SSSR count). The van der Waals surface area contributed by atoms with E-state index in [1.807, 2.05) is 6.92 Å². The number of amides is 2. The second-order valence-corrected chi connectivity index (χ2v) is 8.38. The van der Waals surface area contributed by atoms with Crippen molar-refractivity contribution in [3.8, 4) is 5.88 Å². The third kappa shape index (κ3) is 4.77. The van der Waals surface area contributed by atoms with E-state index in [0.717, 1.165) is 31.4 Å². The summed E-state index contributed by atoms with van der Waals surface area (Å²) in [6.07, 6.45) is 10.9. The molecule has 1 unspecified atom stereocenters. The molecule has 3 aromatic heterocycles. The molecule has 11 nitrogen and oxygen atoms in total. The van der Waals surface area contributed by atoms with Crippen LogP contribution in [-0.2, 0) is 0 Å². The number of hydrogen-bond acceptors (Lipinski definition) is 9. The fraction of sp³-hybridized carbons (Fsp3) is 0.348. The fourth-order valence-electron chi connectivity index (χ4n) is 3.89. The zero-order valence-electron chi connectivity index (χ0n) is 18.6. The molecule has 2 amide bonds. The molecule has 1 atom stereocenters. The number of hydrogen-bond donors (Lipinski definition) is 2. The number of likely N-dealkylation sites (tertiary alicyclic amines) is 1. The minimum absolute atomic E-state index is 0.0238. The lowest BCUT2D eigenvalue weighted by atomic mass is 10.2. The average Bonchev–Trinajstić information content (AvgIpc) is 3.61. The zero-order chi connectivity index (χ0) is 23.5. The molecule has 174 valence electrons. The number of nitrogens with zero attached hydrogens (tertiary/aromatic N) is 6. The highest BCUT2D eigenvalue weighted by molar-refractivity contribution is 6.01. The van der Waals surface area contributed by atoms with E-state index in [-0.39, 0.29) is 35.0 Å². The number of anilines is 3. The highest BCUT2D eigenvalue weighted by Gasteiger charge is 2.30. The Morgan fingerprint density at radius 3 is 2.68 bits per heavy atom. The molecule has 1 saturated carbocycles. The van der Waals surface area contributed by atoms with Crippen molar-refractivity contribution in [3.05, 3.63) is 54.6 Å². The lowest BCUT2D eigenvalue weighted by Crippen LogP contribution is -2.35. The predicted molar refractivity (Wildman–Crippen MR) is 123 cm³/mol. The van der Waals surface area contributed by atoms with Crippen molar-refractivity contribution >= 4 is 29.2 Å². The molecule has 2 N–H and O–H groups in total. The summed E-state index contributed by atoms with van der Waals surface area (Å²) < 4.78 is 5.54. The van der Waals surface area contributed by atoms with Gasteiger partial charge in [-0.05, 0) is 44.7 Å². The maximum atomic E-state index is 13.0. The Bertz CT molecular complexity index is 1200. The van der Waals surface area contributed by atoms with Crippen LogP contribution in [0.25, 0.3) is 0 Å². The van der Waals surface area contributed by atoms with Crippen molar-refractivity contribution in [2.24, 2.45) is 0 Å². The summed E-state index contributed by atoms with van der Waals surface area (Å²) in [4.78, 5) is 48.7. The molecule has 1 aliphatic carbocycles. The van der Waals surface area contributed by atoms with E-state index in [4.69, 9.17) is 4.74 Å². The summed E-state index contributed by atoms with van der Waals surface area (Å²) in [5, 5.41) is 5.67. The van der Waals surface area contributed by atoms with Crippen LogP contribution in [0.15, 0.2) is 43.2 Å². The Hall–Kier alpha value is -4.15.